The van der Waals surface area contributed by atoms with Gasteiger partial charge in [-0.05, 0) is 27.6 Å². The molecule has 3 heterocycles. The summed E-state index contributed by atoms with van der Waals surface area (Å²) in [5, 5.41) is 5.28. The van der Waals surface area contributed by atoms with Gasteiger partial charge in [0.2, 0.25) is 0 Å². The molecule has 7 nitrogen and oxygen atoms in total. The van der Waals surface area contributed by atoms with Crippen LogP contribution in [0.15, 0.2) is 35.5 Å². The maximum atomic E-state index is 5.25. The number of pyridine rings is 1. The maximum absolute atomic E-state index is 5.25. The monoisotopic (exact) mass is 376 g/mol. The number of halogens is 1. The second kappa shape index (κ2) is 7.01. The van der Waals surface area contributed by atoms with Crippen molar-refractivity contribution in [2.24, 2.45) is 7.05 Å². The van der Waals surface area contributed by atoms with Crippen molar-refractivity contribution in [3.05, 3.63) is 41.0 Å². The lowest BCUT2D eigenvalue weighted by molar-refractivity contribution is 0.205. The minimum atomic E-state index is 0.601. The fourth-order valence-electron chi connectivity index (χ4n) is 2.44. The fourth-order valence-corrected chi connectivity index (χ4v) is 3.03. The highest BCUT2D eigenvalue weighted by atomic mass is 79.9. The predicted molar refractivity (Wildman–Crippen MR) is 91.2 cm³/mol. The quantitative estimate of drug-likeness (QED) is 0.656. The molecular weight excluding hydrogens is 360 g/mol. The van der Waals surface area contributed by atoms with E-state index in [1.807, 2.05) is 25.4 Å². The molecule has 0 aliphatic heterocycles. The van der Waals surface area contributed by atoms with Gasteiger partial charge in [0, 0.05) is 39.6 Å². The topological polar surface area (TPSA) is 69.0 Å². The first kappa shape index (κ1) is 15.8. The largest absolute Gasteiger partial charge is 0.383 e. The summed E-state index contributed by atoms with van der Waals surface area (Å²) in [6, 6.07) is 3.98. The zero-order valence-corrected chi connectivity index (χ0v) is 14.6. The molecule has 0 atom stereocenters. The van der Waals surface area contributed by atoms with Gasteiger partial charge in [-0.25, -0.2) is 14.6 Å². The molecule has 0 aliphatic carbocycles. The Labute approximate surface area is 142 Å². The molecule has 0 unspecified atom stereocenters. The molecule has 3 aromatic rings. The Morgan fingerprint density at radius 2 is 2.22 bits per heavy atom. The molecule has 0 amide bonds. The molecule has 0 spiro atoms. The lowest BCUT2D eigenvalue weighted by atomic mass is 10.2. The zero-order chi connectivity index (χ0) is 16.2. The van der Waals surface area contributed by atoms with Gasteiger partial charge in [-0.3, -0.25) is 4.98 Å². The molecule has 3 rings (SSSR count). The number of methoxy groups -OCH3 is 1. The van der Waals surface area contributed by atoms with Crippen molar-refractivity contribution < 1.29 is 4.74 Å². The van der Waals surface area contributed by atoms with E-state index < -0.39 is 0 Å². The number of ether oxygens (including phenoxy) is 1. The van der Waals surface area contributed by atoms with Crippen molar-refractivity contribution in [3.8, 4) is 0 Å². The predicted octanol–water partition coefficient (Wildman–Crippen LogP) is 2.17. The van der Waals surface area contributed by atoms with Crippen molar-refractivity contribution in [2.75, 3.05) is 25.2 Å². The first-order chi connectivity index (χ1) is 11.2. The SMILES string of the molecule is COCCN(Cc1cccnc1)c1ncnc2c1c(Br)nn2C. The van der Waals surface area contributed by atoms with Crippen LogP contribution >= 0.6 is 15.9 Å². The molecule has 0 aliphatic rings. The second-order valence-electron chi connectivity index (χ2n) is 5.09. The summed E-state index contributed by atoms with van der Waals surface area (Å²) in [5.41, 5.74) is 1.89. The standard InChI is InChI=1S/C15H17BrN6O/c1-21-14-12(13(16)20-21)15(19-10-18-14)22(6-7-23-2)9-11-4-3-5-17-8-11/h3-5,8,10H,6-7,9H2,1-2H3. The van der Waals surface area contributed by atoms with E-state index in [1.165, 1.54) is 0 Å². The van der Waals surface area contributed by atoms with Gasteiger partial charge < -0.3 is 9.64 Å². The average molecular weight is 377 g/mol. The highest BCUT2D eigenvalue weighted by Gasteiger charge is 2.18. The smallest absolute Gasteiger partial charge is 0.164 e. The van der Waals surface area contributed by atoms with Gasteiger partial charge in [0.05, 0.1) is 12.0 Å². The van der Waals surface area contributed by atoms with Crippen LogP contribution in [0.3, 0.4) is 0 Å². The Morgan fingerprint density at radius 1 is 1.35 bits per heavy atom. The lowest BCUT2D eigenvalue weighted by Crippen LogP contribution is -2.28. The zero-order valence-electron chi connectivity index (χ0n) is 13.0. The fraction of sp³-hybridized carbons (Fsp3) is 0.333. The van der Waals surface area contributed by atoms with Crippen molar-refractivity contribution in [2.45, 2.75) is 6.54 Å². The summed E-state index contributed by atoms with van der Waals surface area (Å²) in [7, 11) is 3.56. The van der Waals surface area contributed by atoms with Crippen LogP contribution in [0.25, 0.3) is 11.0 Å². The maximum Gasteiger partial charge on any atom is 0.164 e. The Bertz CT molecular complexity index is 791. The first-order valence-corrected chi connectivity index (χ1v) is 7.96. The van der Waals surface area contributed by atoms with Gasteiger partial charge in [-0.2, -0.15) is 5.10 Å². The summed E-state index contributed by atoms with van der Waals surface area (Å²) < 4.78 is 7.72. The number of aryl methyl sites for hydroxylation is 1. The summed E-state index contributed by atoms with van der Waals surface area (Å²) in [5.74, 6) is 0.830. The minimum absolute atomic E-state index is 0.601. The van der Waals surface area contributed by atoms with Gasteiger partial charge >= 0.3 is 0 Å². The Balaban J connectivity index is 2.02. The van der Waals surface area contributed by atoms with E-state index in [0.717, 1.165) is 27.0 Å². The van der Waals surface area contributed by atoms with E-state index in [4.69, 9.17) is 4.74 Å². The molecular formula is C15H17BrN6O. The molecule has 0 N–H and O–H groups in total. The van der Waals surface area contributed by atoms with E-state index >= 15 is 0 Å². The Morgan fingerprint density at radius 3 is 2.96 bits per heavy atom. The molecule has 0 bridgehead atoms. The van der Waals surface area contributed by atoms with Gasteiger partial charge in [0.25, 0.3) is 0 Å². The minimum Gasteiger partial charge on any atom is -0.383 e. The molecule has 0 fully saturated rings. The number of aromatic nitrogens is 5. The van der Waals surface area contributed by atoms with Crippen molar-refractivity contribution in [1.29, 1.82) is 0 Å². The number of rotatable bonds is 6. The van der Waals surface area contributed by atoms with E-state index in [2.05, 4.69) is 40.9 Å². The van der Waals surface area contributed by atoms with Gasteiger partial charge in [-0.15, -0.1) is 0 Å². The summed E-state index contributed by atoms with van der Waals surface area (Å²) in [6.45, 7) is 1.99. The highest BCUT2D eigenvalue weighted by Crippen LogP contribution is 2.30. The molecule has 0 aromatic carbocycles. The van der Waals surface area contributed by atoms with Crippen LogP contribution < -0.4 is 4.90 Å². The number of hydrogen-bond donors (Lipinski definition) is 0. The summed E-state index contributed by atoms with van der Waals surface area (Å²) >= 11 is 3.51. The van der Waals surface area contributed by atoms with E-state index in [1.54, 1.807) is 24.3 Å². The summed E-state index contributed by atoms with van der Waals surface area (Å²) in [6.07, 6.45) is 5.19. The number of hydrogen-bond acceptors (Lipinski definition) is 6. The number of fused-ring (bicyclic) bond motifs is 1. The lowest BCUT2D eigenvalue weighted by Gasteiger charge is -2.24. The van der Waals surface area contributed by atoms with Crippen LogP contribution in [0, 0.1) is 0 Å². The van der Waals surface area contributed by atoms with E-state index in [9.17, 15) is 0 Å². The Hall–Kier alpha value is -2.06. The molecule has 0 saturated carbocycles. The van der Waals surface area contributed by atoms with Crippen molar-refractivity contribution in [3.63, 3.8) is 0 Å². The van der Waals surface area contributed by atoms with E-state index in [0.29, 0.717) is 19.7 Å². The van der Waals surface area contributed by atoms with Gasteiger partial charge in [0.1, 0.15) is 16.7 Å². The molecule has 23 heavy (non-hydrogen) atoms. The first-order valence-electron chi connectivity index (χ1n) is 7.16. The Kier molecular flexibility index (Phi) is 4.82. The van der Waals surface area contributed by atoms with Gasteiger partial charge in [-0.1, -0.05) is 6.07 Å². The van der Waals surface area contributed by atoms with Gasteiger partial charge in [0.15, 0.2) is 5.65 Å². The van der Waals surface area contributed by atoms with Crippen LogP contribution in [-0.2, 0) is 18.3 Å². The van der Waals surface area contributed by atoms with Crippen LogP contribution in [0.5, 0.6) is 0 Å². The second-order valence-corrected chi connectivity index (χ2v) is 5.84. The third-order valence-electron chi connectivity index (χ3n) is 3.52. The molecule has 120 valence electrons. The summed E-state index contributed by atoms with van der Waals surface area (Å²) in [4.78, 5) is 15.1. The van der Waals surface area contributed by atoms with Crippen LogP contribution in [0.2, 0.25) is 0 Å². The average Bonchev–Trinajstić information content (AvgIpc) is 2.87. The van der Waals surface area contributed by atoms with Crippen LogP contribution in [0.1, 0.15) is 5.56 Å². The van der Waals surface area contributed by atoms with E-state index in [-0.39, 0.29) is 0 Å². The highest BCUT2D eigenvalue weighted by molar-refractivity contribution is 9.10. The van der Waals surface area contributed by atoms with Crippen molar-refractivity contribution >= 4 is 32.8 Å². The number of nitrogens with zero attached hydrogens (tertiary/aromatic N) is 6. The van der Waals surface area contributed by atoms with Crippen LogP contribution in [0.4, 0.5) is 5.82 Å². The van der Waals surface area contributed by atoms with Crippen LogP contribution in [-0.4, -0.2) is 45.0 Å². The third kappa shape index (κ3) is 3.32. The molecule has 8 heteroatoms. The molecule has 3 aromatic heterocycles. The number of anilines is 1. The normalized spacial score (nSPS) is 11.1. The molecule has 0 saturated heterocycles. The molecule has 0 radical (unpaired) electrons. The van der Waals surface area contributed by atoms with Crippen molar-refractivity contribution in [1.82, 2.24) is 24.7 Å². The third-order valence-corrected chi connectivity index (χ3v) is 4.07.